The number of aryl methyl sites for hydroxylation is 1. The Labute approximate surface area is 122 Å². The van der Waals surface area contributed by atoms with Crippen LogP contribution in [0.2, 0.25) is 0 Å². The van der Waals surface area contributed by atoms with Crippen molar-refractivity contribution in [3.63, 3.8) is 0 Å². The van der Waals surface area contributed by atoms with Gasteiger partial charge in [0.25, 0.3) is 0 Å². The molecule has 0 spiro atoms. The van der Waals surface area contributed by atoms with E-state index in [1.54, 1.807) is 6.07 Å². The zero-order valence-corrected chi connectivity index (χ0v) is 12.6. The minimum atomic E-state index is -0.186. The summed E-state index contributed by atoms with van der Waals surface area (Å²) in [6, 6.07) is 5.13. The summed E-state index contributed by atoms with van der Waals surface area (Å²) in [5.41, 5.74) is 0.936. The molecule has 3 rings (SSSR count). The van der Waals surface area contributed by atoms with Crippen molar-refractivity contribution < 1.29 is 4.39 Å². The van der Waals surface area contributed by atoms with Crippen LogP contribution < -0.4 is 0 Å². The number of hydrogen-bond donors (Lipinski definition) is 0. The molecular formula is C13H11BrFN3S. The van der Waals surface area contributed by atoms with Gasteiger partial charge in [-0.3, -0.25) is 0 Å². The van der Waals surface area contributed by atoms with Gasteiger partial charge in [0.1, 0.15) is 5.82 Å². The largest absolute Gasteiger partial charge is 0.245 e. The van der Waals surface area contributed by atoms with E-state index in [1.807, 2.05) is 16.1 Å². The Morgan fingerprint density at radius 3 is 3.05 bits per heavy atom. The highest BCUT2D eigenvalue weighted by Gasteiger charge is 2.15. The number of rotatable bonds is 3. The molecule has 0 aliphatic heterocycles. The van der Waals surface area contributed by atoms with Gasteiger partial charge in [0.05, 0.1) is 4.70 Å². The van der Waals surface area contributed by atoms with Gasteiger partial charge in [-0.15, -0.1) is 16.4 Å². The van der Waals surface area contributed by atoms with Gasteiger partial charge in [-0.2, -0.15) is 0 Å². The molecule has 98 valence electrons. The van der Waals surface area contributed by atoms with Crippen LogP contribution in [0.3, 0.4) is 0 Å². The van der Waals surface area contributed by atoms with Crippen LogP contribution in [0.15, 0.2) is 28.3 Å². The molecule has 2 heterocycles. The Balaban J connectivity index is 2.22. The number of hydrogen-bond acceptors (Lipinski definition) is 3. The van der Waals surface area contributed by atoms with Crippen molar-refractivity contribution in [3.05, 3.63) is 34.1 Å². The number of benzene rings is 1. The van der Waals surface area contributed by atoms with E-state index in [1.165, 1.54) is 17.4 Å². The summed E-state index contributed by atoms with van der Waals surface area (Å²) in [6.45, 7) is 2.88. The van der Waals surface area contributed by atoms with Crippen molar-refractivity contribution in [1.29, 1.82) is 0 Å². The Morgan fingerprint density at radius 1 is 1.42 bits per heavy atom. The summed E-state index contributed by atoms with van der Waals surface area (Å²) in [5.74, 6) is 0.597. The maximum Gasteiger partial charge on any atom is 0.217 e. The lowest BCUT2D eigenvalue weighted by molar-refractivity contribution is 0.605. The van der Waals surface area contributed by atoms with E-state index in [4.69, 9.17) is 0 Å². The van der Waals surface area contributed by atoms with Crippen LogP contribution in [0.4, 0.5) is 4.39 Å². The highest BCUT2D eigenvalue weighted by Crippen LogP contribution is 2.34. The third kappa shape index (κ3) is 2.19. The molecule has 0 aliphatic carbocycles. The molecule has 1 aromatic carbocycles. The van der Waals surface area contributed by atoms with Crippen molar-refractivity contribution in [1.82, 2.24) is 14.8 Å². The lowest BCUT2D eigenvalue weighted by Crippen LogP contribution is -2.01. The molecule has 0 N–H and O–H groups in total. The summed E-state index contributed by atoms with van der Waals surface area (Å²) in [5, 5.41) is 7.15. The second kappa shape index (κ2) is 5.02. The summed E-state index contributed by atoms with van der Waals surface area (Å²) in [7, 11) is 0. The molecule has 19 heavy (non-hydrogen) atoms. The van der Waals surface area contributed by atoms with Crippen LogP contribution in [-0.2, 0) is 6.54 Å². The molecule has 3 nitrogen and oxygen atoms in total. The fourth-order valence-corrected chi connectivity index (χ4v) is 3.39. The number of thiophene rings is 1. The smallest absolute Gasteiger partial charge is 0.217 e. The summed E-state index contributed by atoms with van der Waals surface area (Å²) < 4.78 is 16.8. The zero-order valence-electron chi connectivity index (χ0n) is 10.2. The summed E-state index contributed by atoms with van der Waals surface area (Å²) in [6.07, 6.45) is 0.971. The molecule has 0 amide bonds. The second-order valence-electron chi connectivity index (χ2n) is 4.19. The van der Waals surface area contributed by atoms with E-state index in [-0.39, 0.29) is 5.82 Å². The molecule has 0 atom stereocenters. The molecular weight excluding hydrogens is 329 g/mol. The van der Waals surface area contributed by atoms with Gasteiger partial charge in [-0.05, 0) is 28.4 Å². The first-order valence-electron chi connectivity index (χ1n) is 5.97. The average molecular weight is 340 g/mol. The monoisotopic (exact) mass is 339 g/mol. The number of fused-ring (bicyclic) bond motifs is 1. The number of nitrogens with zero attached hydrogens (tertiary/aromatic N) is 3. The van der Waals surface area contributed by atoms with Gasteiger partial charge in [0.2, 0.25) is 4.73 Å². The Hall–Kier alpha value is -1.27. The Morgan fingerprint density at radius 2 is 2.26 bits per heavy atom. The van der Waals surface area contributed by atoms with Crippen molar-refractivity contribution >= 4 is 37.4 Å². The first kappa shape index (κ1) is 12.7. The molecule has 0 unspecified atom stereocenters. The van der Waals surface area contributed by atoms with Crippen LogP contribution in [-0.4, -0.2) is 14.8 Å². The quantitative estimate of drug-likeness (QED) is 0.704. The predicted octanol–water partition coefficient (Wildman–Crippen LogP) is 4.47. The zero-order chi connectivity index (χ0) is 13.4. The van der Waals surface area contributed by atoms with E-state index in [9.17, 15) is 4.39 Å². The van der Waals surface area contributed by atoms with Gasteiger partial charge in [0, 0.05) is 22.9 Å². The molecule has 0 saturated heterocycles. The van der Waals surface area contributed by atoms with Crippen LogP contribution in [0.1, 0.15) is 13.3 Å². The third-order valence-electron chi connectivity index (χ3n) is 2.87. The fourth-order valence-electron chi connectivity index (χ4n) is 2.08. The van der Waals surface area contributed by atoms with Gasteiger partial charge >= 0.3 is 0 Å². The Bertz CT molecular complexity index is 735. The van der Waals surface area contributed by atoms with E-state index >= 15 is 0 Å². The van der Waals surface area contributed by atoms with Gasteiger partial charge in [-0.25, -0.2) is 14.1 Å². The van der Waals surface area contributed by atoms with Crippen LogP contribution in [0.25, 0.3) is 21.5 Å². The van der Waals surface area contributed by atoms with Gasteiger partial charge in [0.15, 0.2) is 5.82 Å². The average Bonchev–Trinajstić information content (AvgIpc) is 2.94. The molecule has 2 aromatic heterocycles. The first-order chi connectivity index (χ1) is 9.20. The van der Waals surface area contributed by atoms with Gasteiger partial charge < -0.3 is 0 Å². The van der Waals surface area contributed by atoms with E-state index in [2.05, 4.69) is 32.9 Å². The van der Waals surface area contributed by atoms with Crippen LogP contribution >= 0.6 is 27.3 Å². The predicted molar refractivity (Wildman–Crippen MR) is 78.8 cm³/mol. The molecule has 0 saturated carbocycles. The van der Waals surface area contributed by atoms with Crippen LogP contribution in [0.5, 0.6) is 0 Å². The highest BCUT2D eigenvalue weighted by molar-refractivity contribution is 9.10. The lowest BCUT2D eigenvalue weighted by atomic mass is 10.1. The van der Waals surface area contributed by atoms with Crippen molar-refractivity contribution in [2.24, 2.45) is 0 Å². The molecule has 0 aliphatic rings. The normalized spacial score (nSPS) is 11.3. The molecule has 0 radical (unpaired) electrons. The maximum absolute atomic E-state index is 13.7. The molecule has 0 bridgehead atoms. The van der Waals surface area contributed by atoms with E-state index in [0.717, 1.165) is 29.7 Å². The SMILES string of the molecule is CCCn1nc(Br)nc1-c1csc2c(F)cccc12. The minimum Gasteiger partial charge on any atom is -0.245 e. The van der Waals surface area contributed by atoms with Crippen molar-refractivity contribution in [3.8, 4) is 11.4 Å². The standard InChI is InChI=1S/C13H11BrFN3S/c1-2-6-18-12(16-13(14)17-18)9-7-19-11-8(9)4-3-5-10(11)15/h3-5,7H,2,6H2,1H3. The van der Waals surface area contributed by atoms with E-state index < -0.39 is 0 Å². The topological polar surface area (TPSA) is 30.7 Å². The summed E-state index contributed by atoms with van der Waals surface area (Å²) in [4.78, 5) is 4.40. The number of aromatic nitrogens is 3. The molecule has 0 fully saturated rings. The Kier molecular flexibility index (Phi) is 3.36. The maximum atomic E-state index is 13.7. The first-order valence-corrected chi connectivity index (χ1v) is 7.64. The highest BCUT2D eigenvalue weighted by atomic mass is 79.9. The third-order valence-corrected chi connectivity index (χ3v) is 4.21. The molecule has 3 aromatic rings. The van der Waals surface area contributed by atoms with Crippen molar-refractivity contribution in [2.75, 3.05) is 0 Å². The molecule has 6 heteroatoms. The van der Waals surface area contributed by atoms with Crippen LogP contribution in [0, 0.1) is 5.82 Å². The fraction of sp³-hybridized carbons (Fsp3) is 0.231. The van der Waals surface area contributed by atoms with Crippen molar-refractivity contribution in [2.45, 2.75) is 19.9 Å². The second-order valence-corrected chi connectivity index (χ2v) is 5.78. The minimum absolute atomic E-state index is 0.186. The summed E-state index contributed by atoms with van der Waals surface area (Å²) >= 11 is 4.70. The van der Waals surface area contributed by atoms with E-state index in [0.29, 0.717) is 9.43 Å². The lowest BCUT2D eigenvalue weighted by Gasteiger charge is -2.03. The number of halogens is 2. The van der Waals surface area contributed by atoms with Gasteiger partial charge in [-0.1, -0.05) is 19.1 Å².